The van der Waals surface area contributed by atoms with Crippen molar-refractivity contribution in [2.75, 3.05) is 45.2 Å². The van der Waals surface area contributed by atoms with E-state index in [1.54, 1.807) is 7.05 Å². The minimum atomic E-state index is -4.13. The first kappa shape index (κ1) is 23.0. The van der Waals surface area contributed by atoms with Gasteiger partial charge >= 0.3 is 6.18 Å². The van der Waals surface area contributed by atoms with Gasteiger partial charge in [0, 0.05) is 62.1 Å². The van der Waals surface area contributed by atoms with Crippen molar-refractivity contribution in [3.05, 3.63) is 28.8 Å². The Morgan fingerprint density at radius 3 is 2.60 bits per heavy atom. The van der Waals surface area contributed by atoms with Gasteiger partial charge in [0.15, 0.2) is 5.96 Å². The molecule has 9 heteroatoms. The Bertz CT molecular complexity index is 732. The highest BCUT2D eigenvalue weighted by Crippen LogP contribution is 2.37. The largest absolute Gasteiger partial charge is 0.391 e. The van der Waals surface area contributed by atoms with Crippen LogP contribution in [0.15, 0.2) is 23.2 Å². The lowest BCUT2D eigenvalue weighted by molar-refractivity contribution is -0.183. The maximum atomic E-state index is 13.1. The van der Waals surface area contributed by atoms with E-state index in [1.807, 2.05) is 12.1 Å². The minimum absolute atomic E-state index is 0.0861. The molecule has 0 amide bonds. The second-order valence-electron chi connectivity index (χ2n) is 8.20. The van der Waals surface area contributed by atoms with Gasteiger partial charge in [0.05, 0.1) is 5.92 Å². The van der Waals surface area contributed by atoms with Crippen LogP contribution in [0.3, 0.4) is 0 Å². The summed E-state index contributed by atoms with van der Waals surface area (Å²) in [6.45, 7) is 4.29. The zero-order chi connectivity index (χ0) is 21.7. The molecule has 0 radical (unpaired) electrons. The Hall–Kier alpha value is -1.67. The van der Waals surface area contributed by atoms with E-state index >= 15 is 0 Å². The van der Waals surface area contributed by atoms with E-state index in [-0.39, 0.29) is 18.9 Å². The van der Waals surface area contributed by atoms with Gasteiger partial charge in [-0.05, 0) is 38.4 Å². The monoisotopic (exact) mass is 445 g/mol. The number of alkyl halides is 3. The van der Waals surface area contributed by atoms with E-state index in [0.717, 1.165) is 37.4 Å². The third-order valence-corrected chi connectivity index (χ3v) is 6.43. The van der Waals surface area contributed by atoms with Crippen molar-refractivity contribution in [1.82, 2.24) is 15.5 Å². The van der Waals surface area contributed by atoms with E-state index in [0.29, 0.717) is 30.4 Å². The highest BCUT2D eigenvalue weighted by Gasteiger charge is 2.42. The molecule has 30 heavy (non-hydrogen) atoms. The number of rotatable bonds is 4. The maximum Gasteiger partial charge on any atom is 0.391 e. The van der Waals surface area contributed by atoms with Crippen LogP contribution in [-0.2, 0) is 6.54 Å². The molecular weight excluding hydrogens is 415 g/mol. The van der Waals surface area contributed by atoms with Crippen molar-refractivity contribution in [2.24, 2.45) is 10.9 Å². The fourth-order valence-electron chi connectivity index (χ4n) is 4.24. The van der Waals surface area contributed by atoms with E-state index in [2.05, 4.69) is 38.5 Å². The second-order valence-corrected chi connectivity index (χ2v) is 8.61. The van der Waals surface area contributed by atoms with Crippen LogP contribution in [0.25, 0.3) is 0 Å². The third kappa shape index (κ3) is 5.94. The number of hydrogen-bond acceptors (Lipinski definition) is 3. The van der Waals surface area contributed by atoms with Crippen molar-refractivity contribution >= 4 is 23.2 Å². The van der Waals surface area contributed by atoms with Crippen LogP contribution in [0.2, 0.25) is 5.02 Å². The molecule has 1 aromatic carbocycles. The summed E-state index contributed by atoms with van der Waals surface area (Å²) in [6.07, 6.45) is -2.56. The van der Waals surface area contributed by atoms with Gasteiger partial charge in [0.25, 0.3) is 0 Å². The number of aliphatic imine (C=N–C) groups is 1. The standard InChI is InChI=1S/C21H31ClF3N5/c1-26-20(28-16-6-3-5-15(13-16)21(23,24)25)27-14-17-18(22)7-4-8-19(17)30-11-9-29(2)10-12-30/h4,7-8,15-16H,3,5-6,9-14H2,1-2H3,(H2,26,27,28). The summed E-state index contributed by atoms with van der Waals surface area (Å²) in [5, 5.41) is 7.10. The van der Waals surface area contributed by atoms with Crippen LogP contribution < -0.4 is 15.5 Å². The number of benzene rings is 1. The van der Waals surface area contributed by atoms with Crippen LogP contribution >= 0.6 is 11.6 Å². The van der Waals surface area contributed by atoms with Gasteiger partial charge in [-0.25, -0.2) is 0 Å². The number of hydrogen-bond donors (Lipinski definition) is 2. The molecule has 1 aliphatic heterocycles. The predicted molar refractivity (Wildman–Crippen MR) is 116 cm³/mol. The quantitative estimate of drug-likeness (QED) is 0.545. The van der Waals surface area contributed by atoms with Crippen molar-refractivity contribution in [1.29, 1.82) is 0 Å². The number of anilines is 1. The normalized spacial score (nSPS) is 24.1. The summed E-state index contributed by atoms with van der Waals surface area (Å²) >= 11 is 6.50. The third-order valence-electron chi connectivity index (χ3n) is 6.07. The number of nitrogens with zero attached hydrogens (tertiary/aromatic N) is 3. The Morgan fingerprint density at radius 1 is 1.20 bits per heavy atom. The van der Waals surface area contributed by atoms with Crippen molar-refractivity contribution in [3.63, 3.8) is 0 Å². The van der Waals surface area contributed by atoms with Crippen molar-refractivity contribution < 1.29 is 13.2 Å². The van der Waals surface area contributed by atoms with E-state index in [4.69, 9.17) is 11.6 Å². The number of nitrogens with one attached hydrogen (secondary N) is 2. The first-order chi connectivity index (χ1) is 14.3. The lowest BCUT2D eigenvalue weighted by atomic mass is 9.85. The second kappa shape index (κ2) is 10.1. The number of guanidine groups is 1. The lowest BCUT2D eigenvalue weighted by Crippen LogP contribution is -2.47. The first-order valence-corrected chi connectivity index (χ1v) is 10.9. The molecule has 1 aliphatic carbocycles. The molecular formula is C21H31ClF3N5. The van der Waals surface area contributed by atoms with Gasteiger partial charge in [-0.1, -0.05) is 24.1 Å². The number of likely N-dealkylation sites (N-methyl/N-ethyl adjacent to an activating group) is 1. The van der Waals surface area contributed by atoms with Gasteiger partial charge in [-0.3, -0.25) is 4.99 Å². The molecule has 0 bridgehead atoms. The fourth-order valence-corrected chi connectivity index (χ4v) is 4.48. The van der Waals surface area contributed by atoms with Crippen LogP contribution in [0.1, 0.15) is 31.2 Å². The van der Waals surface area contributed by atoms with Gasteiger partial charge in [-0.15, -0.1) is 0 Å². The van der Waals surface area contributed by atoms with Gasteiger partial charge < -0.3 is 20.4 Å². The van der Waals surface area contributed by atoms with Crippen LogP contribution in [0.5, 0.6) is 0 Å². The average Bonchev–Trinajstić information content (AvgIpc) is 2.72. The van der Waals surface area contributed by atoms with Crippen LogP contribution in [0, 0.1) is 5.92 Å². The Labute approximate surface area is 181 Å². The molecule has 0 spiro atoms. The SMILES string of the molecule is CN=C(NCc1c(Cl)cccc1N1CCN(C)CC1)NC1CCCC(C(F)(F)F)C1. The Morgan fingerprint density at radius 2 is 1.93 bits per heavy atom. The van der Waals surface area contributed by atoms with Crippen LogP contribution in [0.4, 0.5) is 18.9 Å². The molecule has 2 aliphatic rings. The topological polar surface area (TPSA) is 42.9 Å². The molecule has 0 aromatic heterocycles. The van der Waals surface area contributed by atoms with Gasteiger partial charge in [-0.2, -0.15) is 13.2 Å². The number of piperazine rings is 1. The maximum absolute atomic E-state index is 13.1. The van der Waals surface area contributed by atoms with Crippen LogP contribution in [-0.4, -0.2) is 63.4 Å². The molecule has 168 valence electrons. The van der Waals surface area contributed by atoms with Crippen molar-refractivity contribution in [2.45, 2.75) is 44.4 Å². The molecule has 2 unspecified atom stereocenters. The summed E-state index contributed by atoms with van der Waals surface area (Å²) in [6, 6.07) is 5.65. The number of halogens is 4. The molecule has 5 nitrogen and oxygen atoms in total. The summed E-state index contributed by atoms with van der Waals surface area (Å²) in [5.41, 5.74) is 2.07. The molecule has 1 aromatic rings. The summed E-state index contributed by atoms with van der Waals surface area (Å²) in [5.74, 6) is -0.735. The smallest absolute Gasteiger partial charge is 0.369 e. The molecule has 1 saturated carbocycles. The average molecular weight is 446 g/mol. The van der Waals surface area contributed by atoms with Gasteiger partial charge in [0.1, 0.15) is 0 Å². The zero-order valence-electron chi connectivity index (χ0n) is 17.6. The summed E-state index contributed by atoms with van der Waals surface area (Å²) in [7, 11) is 3.75. The highest BCUT2D eigenvalue weighted by atomic mass is 35.5. The molecule has 1 saturated heterocycles. The molecule has 1 heterocycles. The van der Waals surface area contributed by atoms with E-state index in [1.165, 1.54) is 0 Å². The Balaban J connectivity index is 1.63. The van der Waals surface area contributed by atoms with E-state index < -0.39 is 12.1 Å². The lowest BCUT2D eigenvalue weighted by Gasteiger charge is -2.35. The molecule has 2 N–H and O–H groups in total. The highest BCUT2D eigenvalue weighted by molar-refractivity contribution is 6.31. The predicted octanol–water partition coefficient (Wildman–Crippen LogP) is 3.88. The summed E-state index contributed by atoms with van der Waals surface area (Å²) < 4.78 is 39.3. The molecule has 2 atom stereocenters. The summed E-state index contributed by atoms with van der Waals surface area (Å²) in [4.78, 5) is 8.84. The first-order valence-electron chi connectivity index (χ1n) is 10.5. The van der Waals surface area contributed by atoms with Gasteiger partial charge in [0.2, 0.25) is 0 Å². The minimum Gasteiger partial charge on any atom is -0.369 e. The Kier molecular flexibility index (Phi) is 7.74. The van der Waals surface area contributed by atoms with E-state index in [9.17, 15) is 13.2 Å². The van der Waals surface area contributed by atoms with Crippen molar-refractivity contribution in [3.8, 4) is 0 Å². The fraction of sp³-hybridized carbons (Fsp3) is 0.667. The molecule has 2 fully saturated rings. The molecule has 3 rings (SSSR count). The zero-order valence-corrected chi connectivity index (χ0v) is 18.4.